The Balaban J connectivity index is 1.15. The van der Waals surface area contributed by atoms with Crippen LogP contribution in [0.2, 0.25) is 0 Å². The summed E-state index contributed by atoms with van der Waals surface area (Å²) in [6.07, 6.45) is 0.737. The van der Waals surface area contributed by atoms with E-state index in [4.69, 9.17) is 18.8 Å². The largest absolute Gasteiger partial charge is 0.456 e. The van der Waals surface area contributed by atoms with Gasteiger partial charge in [0.25, 0.3) is 0 Å². The first-order valence-electron chi connectivity index (χ1n) is 20.1. The Kier molecular flexibility index (Phi) is 7.44. The Hall–Kier alpha value is -7.76. The van der Waals surface area contributed by atoms with E-state index in [-0.39, 0.29) is 0 Å². The van der Waals surface area contributed by atoms with E-state index in [1.807, 2.05) is 24.3 Å². The first-order valence-corrected chi connectivity index (χ1v) is 20.1. The van der Waals surface area contributed by atoms with Crippen LogP contribution in [0.3, 0.4) is 0 Å². The quantitative estimate of drug-likeness (QED) is 0.169. The van der Waals surface area contributed by atoms with E-state index < -0.39 is 0 Å². The molecule has 278 valence electrons. The molecule has 59 heavy (non-hydrogen) atoms. The zero-order valence-corrected chi connectivity index (χ0v) is 32.2. The highest BCUT2D eigenvalue weighted by Gasteiger charge is 2.24. The molecule has 0 bridgehead atoms. The van der Waals surface area contributed by atoms with Crippen LogP contribution >= 0.6 is 0 Å². The molecule has 0 atom stereocenters. The van der Waals surface area contributed by atoms with Crippen molar-refractivity contribution in [1.82, 2.24) is 14.5 Å². The number of para-hydroxylation sites is 4. The molecule has 8 aromatic carbocycles. The van der Waals surface area contributed by atoms with Gasteiger partial charge in [-0.05, 0) is 66.1 Å². The standard InChI is InChI=1S/C54H35N3O2/c1-2-36-52(34-19-7-4-8-20-34)55-54(56-53(36)35-29-41(33-17-5-3-6-18-33)51-40-24-12-16-28-48(40)59-50(51)30-35)39-23-10-14-26-45(39)57-44-25-13-9-21-37(44)42-31-43-38-22-11-15-27-47(38)58-49(43)32-46(42)57/h3-32H,2H2,1H3. The third-order valence-corrected chi connectivity index (χ3v) is 11.8. The van der Waals surface area contributed by atoms with Crippen LogP contribution in [0.15, 0.2) is 191 Å². The van der Waals surface area contributed by atoms with Crippen molar-refractivity contribution in [3.63, 3.8) is 0 Å². The highest BCUT2D eigenvalue weighted by atomic mass is 16.3. The molecule has 12 aromatic rings. The molecule has 0 saturated heterocycles. The van der Waals surface area contributed by atoms with E-state index in [1.54, 1.807) is 0 Å². The van der Waals surface area contributed by atoms with Gasteiger partial charge in [0, 0.05) is 60.6 Å². The number of aromatic nitrogens is 3. The number of fused-ring (bicyclic) bond motifs is 9. The summed E-state index contributed by atoms with van der Waals surface area (Å²) < 4.78 is 15.4. The molecule has 0 spiro atoms. The molecule has 0 unspecified atom stereocenters. The molecule has 0 aliphatic rings. The lowest BCUT2D eigenvalue weighted by molar-refractivity contribution is 0.669. The number of furan rings is 2. The van der Waals surface area contributed by atoms with Gasteiger partial charge in [0.15, 0.2) is 5.82 Å². The Morgan fingerprint density at radius 2 is 1.03 bits per heavy atom. The molecule has 0 aliphatic heterocycles. The van der Waals surface area contributed by atoms with Crippen molar-refractivity contribution >= 4 is 65.7 Å². The number of hydrogen-bond acceptors (Lipinski definition) is 4. The summed E-state index contributed by atoms with van der Waals surface area (Å²) >= 11 is 0. The van der Waals surface area contributed by atoms with Gasteiger partial charge in [0.1, 0.15) is 22.3 Å². The third-order valence-electron chi connectivity index (χ3n) is 11.8. The molecular weight excluding hydrogens is 723 g/mol. The second kappa shape index (κ2) is 13.2. The Labute approximate surface area is 339 Å². The van der Waals surface area contributed by atoms with Crippen LogP contribution in [0, 0.1) is 0 Å². The van der Waals surface area contributed by atoms with Gasteiger partial charge in [-0.2, -0.15) is 0 Å². The lowest BCUT2D eigenvalue weighted by Gasteiger charge is -2.18. The minimum absolute atomic E-state index is 0.647. The van der Waals surface area contributed by atoms with Gasteiger partial charge in [-0.1, -0.05) is 134 Å². The molecule has 5 heteroatoms. The fourth-order valence-corrected chi connectivity index (χ4v) is 9.15. The summed E-state index contributed by atoms with van der Waals surface area (Å²) in [5.41, 5.74) is 14.6. The van der Waals surface area contributed by atoms with Crippen molar-refractivity contribution in [1.29, 1.82) is 0 Å². The van der Waals surface area contributed by atoms with Crippen LogP contribution in [0.25, 0.3) is 116 Å². The van der Waals surface area contributed by atoms with Crippen molar-refractivity contribution in [3.05, 3.63) is 188 Å². The fourth-order valence-electron chi connectivity index (χ4n) is 9.15. The first kappa shape index (κ1) is 33.4. The summed E-state index contributed by atoms with van der Waals surface area (Å²) in [5.74, 6) is 0.647. The maximum absolute atomic E-state index is 6.63. The van der Waals surface area contributed by atoms with Gasteiger partial charge < -0.3 is 13.4 Å². The fraction of sp³-hybridized carbons (Fsp3) is 0.0370. The first-order chi connectivity index (χ1) is 29.2. The summed E-state index contributed by atoms with van der Waals surface area (Å²) in [6.45, 7) is 2.19. The summed E-state index contributed by atoms with van der Waals surface area (Å²) in [7, 11) is 0. The molecule has 0 aliphatic carbocycles. The van der Waals surface area contributed by atoms with E-state index in [0.717, 1.165) is 117 Å². The van der Waals surface area contributed by atoms with E-state index in [9.17, 15) is 0 Å². The van der Waals surface area contributed by atoms with Crippen LogP contribution in [-0.2, 0) is 6.42 Å². The van der Waals surface area contributed by atoms with Gasteiger partial charge in [-0.15, -0.1) is 0 Å². The molecule has 0 amide bonds. The lowest BCUT2D eigenvalue weighted by Crippen LogP contribution is -2.05. The van der Waals surface area contributed by atoms with Crippen LogP contribution in [0.5, 0.6) is 0 Å². The monoisotopic (exact) mass is 757 g/mol. The van der Waals surface area contributed by atoms with E-state index in [2.05, 4.69) is 169 Å². The van der Waals surface area contributed by atoms with Gasteiger partial charge >= 0.3 is 0 Å². The molecule has 5 nitrogen and oxygen atoms in total. The van der Waals surface area contributed by atoms with E-state index >= 15 is 0 Å². The molecule has 0 N–H and O–H groups in total. The smallest absolute Gasteiger partial charge is 0.162 e. The van der Waals surface area contributed by atoms with Crippen LogP contribution in [0.4, 0.5) is 0 Å². The number of nitrogens with zero attached hydrogens (tertiary/aromatic N) is 3. The molecule has 4 heterocycles. The molecule has 4 aromatic heterocycles. The molecular formula is C54H35N3O2. The highest BCUT2D eigenvalue weighted by Crippen LogP contribution is 2.44. The topological polar surface area (TPSA) is 57.0 Å². The van der Waals surface area contributed by atoms with Crippen molar-refractivity contribution in [3.8, 4) is 50.7 Å². The Morgan fingerprint density at radius 3 is 1.81 bits per heavy atom. The average molecular weight is 758 g/mol. The summed E-state index contributed by atoms with van der Waals surface area (Å²) in [5, 5.41) is 6.75. The van der Waals surface area contributed by atoms with Crippen molar-refractivity contribution in [2.24, 2.45) is 0 Å². The SMILES string of the molecule is CCc1c(-c2ccccc2)nc(-c2ccccc2-n2c3ccccc3c3cc4c(cc32)oc2ccccc24)nc1-c1cc(-c2ccccc2)c2c(c1)oc1ccccc12. The predicted octanol–water partition coefficient (Wildman–Crippen LogP) is 14.6. The van der Waals surface area contributed by atoms with Crippen LogP contribution in [0.1, 0.15) is 12.5 Å². The van der Waals surface area contributed by atoms with Crippen LogP contribution < -0.4 is 0 Å². The van der Waals surface area contributed by atoms with Crippen LogP contribution in [-0.4, -0.2) is 14.5 Å². The zero-order valence-electron chi connectivity index (χ0n) is 32.2. The maximum Gasteiger partial charge on any atom is 0.162 e. The summed E-state index contributed by atoms with van der Waals surface area (Å²) in [6, 6.07) is 63.7. The van der Waals surface area contributed by atoms with E-state index in [0.29, 0.717) is 5.82 Å². The lowest BCUT2D eigenvalue weighted by atomic mass is 9.93. The Bertz CT molecular complexity index is 3590. The highest BCUT2D eigenvalue weighted by molar-refractivity contribution is 6.18. The molecule has 12 rings (SSSR count). The second-order valence-corrected chi connectivity index (χ2v) is 15.1. The molecule has 0 saturated carbocycles. The molecule has 0 radical (unpaired) electrons. The van der Waals surface area contributed by atoms with Gasteiger partial charge in [-0.25, -0.2) is 9.97 Å². The number of benzene rings is 8. The average Bonchev–Trinajstić information content (AvgIpc) is 3.97. The van der Waals surface area contributed by atoms with E-state index in [1.165, 1.54) is 5.39 Å². The van der Waals surface area contributed by atoms with Gasteiger partial charge in [-0.3, -0.25) is 0 Å². The minimum Gasteiger partial charge on any atom is -0.456 e. The number of hydrogen-bond donors (Lipinski definition) is 0. The van der Waals surface area contributed by atoms with Crippen molar-refractivity contribution < 1.29 is 8.83 Å². The predicted molar refractivity (Wildman–Crippen MR) is 242 cm³/mol. The maximum atomic E-state index is 6.63. The third kappa shape index (κ3) is 5.18. The van der Waals surface area contributed by atoms with Gasteiger partial charge in [0.2, 0.25) is 0 Å². The number of rotatable bonds is 6. The minimum atomic E-state index is 0.647. The van der Waals surface area contributed by atoms with Crippen molar-refractivity contribution in [2.75, 3.05) is 0 Å². The molecule has 0 fully saturated rings. The van der Waals surface area contributed by atoms with Crippen molar-refractivity contribution in [2.45, 2.75) is 13.3 Å². The Morgan fingerprint density at radius 1 is 0.424 bits per heavy atom. The zero-order chi connectivity index (χ0) is 39.0. The second-order valence-electron chi connectivity index (χ2n) is 15.1. The normalized spacial score (nSPS) is 11.9. The van der Waals surface area contributed by atoms with Gasteiger partial charge in [0.05, 0.1) is 28.1 Å². The summed E-state index contributed by atoms with van der Waals surface area (Å²) in [4.78, 5) is 11.1.